The molecule has 20 heavy (non-hydrogen) atoms. The Hall–Kier alpha value is -2.52. The molecule has 108 valence electrons. The van der Waals surface area contributed by atoms with E-state index in [9.17, 15) is 31.9 Å². The summed E-state index contributed by atoms with van der Waals surface area (Å²) in [6, 6.07) is 1.80. The third-order valence-electron chi connectivity index (χ3n) is 1.84. The number of carbonyl (C=O) groups is 1. The summed E-state index contributed by atoms with van der Waals surface area (Å²) in [7, 11) is 0. The minimum Gasteiger partial charge on any atom is -0.868 e. The average molecular weight is 295 g/mol. The van der Waals surface area contributed by atoms with Gasteiger partial charge in [0.15, 0.2) is 11.5 Å². The molecule has 1 N–H and O–H groups in total. The van der Waals surface area contributed by atoms with Crippen LogP contribution in [-0.4, -0.2) is 17.3 Å². The first-order valence-electron chi connectivity index (χ1n) is 4.71. The molecule has 1 aromatic carbocycles. The Morgan fingerprint density at radius 1 is 1.25 bits per heavy atom. The lowest BCUT2D eigenvalue weighted by Crippen LogP contribution is -2.26. The maximum atomic E-state index is 13.1. The second-order valence-electron chi connectivity index (χ2n) is 3.28. The maximum Gasteiger partial charge on any atom is 0.404 e. The van der Waals surface area contributed by atoms with Crippen LogP contribution in [0.2, 0.25) is 0 Å². The van der Waals surface area contributed by atoms with Crippen molar-refractivity contribution in [1.82, 2.24) is 0 Å². The Morgan fingerprint density at radius 2 is 1.85 bits per heavy atom. The molecule has 0 aliphatic heterocycles. The zero-order chi connectivity index (χ0) is 15.5. The average Bonchev–Trinajstić information content (AvgIpc) is 2.30. The van der Waals surface area contributed by atoms with Gasteiger partial charge in [-0.3, -0.25) is 0 Å². The third-order valence-corrected chi connectivity index (χ3v) is 1.84. The van der Waals surface area contributed by atoms with Gasteiger partial charge in [-0.2, -0.15) is 13.2 Å². The summed E-state index contributed by atoms with van der Waals surface area (Å²) >= 11 is 0. The number of benzene rings is 1. The molecule has 0 fully saturated rings. The molecule has 0 aromatic heterocycles. The first-order valence-corrected chi connectivity index (χ1v) is 4.71. The molecule has 0 heterocycles. The number of alkyl halides is 3. The fraction of sp³-hybridized carbons (Fsp3) is 0.100. The van der Waals surface area contributed by atoms with Crippen molar-refractivity contribution in [3.8, 4) is 0 Å². The predicted molar refractivity (Wildman–Crippen MR) is 51.6 cm³/mol. The molecule has 0 unspecified atom stereocenters. The van der Waals surface area contributed by atoms with Gasteiger partial charge in [0.05, 0.1) is 0 Å². The van der Waals surface area contributed by atoms with Gasteiger partial charge in [0.1, 0.15) is 11.5 Å². The number of rotatable bonds is 3. The summed E-state index contributed by atoms with van der Waals surface area (Å²) in [6.45, 7) is 0. The van der Waals surface area contributed by atoms with Crippen LogP contribution >= 0.6 is 0 Å². The summed E-state index contributed by atoms with van der Waals surface area (Å²) in [5, 5.41) is 24.6. The summed E-state index contributed by atoms with van der Waals surface area (Å²) < 4.78 is 61.8. The first-order chi connectivity index (χ1) is 9.12. The van der Waals surface area contributed by atoms with Crippen LogP contribution in [0.1, 0.15) is 0 Å². The number of halogens is 5. The van der Waals surface area contributed by atoms with E-state index in [0.717, 1.165) is 6.07 Å². The summed E-state index contributed by atoms with van der Waals surface area (Å²) in [5.74, 6) is -7.27. The lowest BCUT2D eigenvalue weighted by molar-refractivity contribution is -0.361. The molecular weight excluding hydrogens is 291 g/mol. The first kappa shape index (κ1) is 15.5. The maximum absolute atomic E-state index is 13.1. The van der Waals surface area contributed by atoms with E-state index in [-0.39, 0.29) is 0 Å². The zero-order valence-electron chi connectivity index (χ0n) is 9.28. The van der Waals surface area contributed by atoms with Crippen LogP contribution in [0.3, 0.4) is 0 Å². The smallest absolute Gasteiger partial charge is 0.404 e. The highest BCUT2D eigenvalue weighted by atomic mass is 19.4. The highest BCUT2D eigenvalue weighted by Gasteiger charge is 2.31. The minimum atomic E-state index is -5.46. The van der Waals surface area contributed by atoms with Crippen LogP contribution < -0.4 is 5.11 Å². The normalized spacial score (nSPS) is 13.4. The van der Waals surface area contributed by atoms with Crippen LogP contribution in [0.4, 0.5) is 27.6 Å². The van der Waals surface area contributed by atoms with Crippen molar-refractivity contribution in [2.24, 2.45) is 10.2 Å². The molecule has 1 aromatic rings. The molecule has 0 atom stereocenters. The molecule has 1 rings (SSSR count). The van der Waals surface area contributed by atoms with Gasteiger partial charge >= 0.3 is 12.1 Å². The van der Waals surface area contributed by atoms with Crippen molar-refractivity contribution in [1.29, 1.82) is 0 Å². The molecule has 0 aliphatic rings. The summed E-state index contributed by atoms with van der Waals surface area (Å²) in [6.07, 6.45) is -5.46. The molecule has 10 heteroatoms. The molecular formula is C10H4F5N2O3-. The van der Waals surface area contributed by atoms with Gasteiger partial charge in [0, 0.05) is 11.8 Å². The highest BCUT2D eigenvalue weighted by Crippen LogP contribution is 2.26. The quantitative estimate of drug-likeness (QED) is 0.402. The minimum absolute atomic E-state index is 0.361. The lowest BCUT2D eigenvalue weighted by atomic mass is 10.3. The fourth-order valence-electron chi connectivity index (χ4n) is 0.986. The highest BCUT2D eigenvalue weighted by molar-refractivity contribution is 5.86. The van der Waals surface area contributed by atoms with Crippen LogP contribution in [0.5, 0.6) is 0 Å². The molecule has 0 aliphatic carbocycles. The van der Waals surface area contributed by atoms with E-state index in [4.69, 9.17) is 5.11 Å². The number of carboxylic acids is 1. The van der Waals surface area contributed by atoms with E-state index in [1.54, 1.807) is 0 Å². The number of aliphatic carboxylic acids is 1. The number of hydrogen-bond acceptors (Lipinski definition) is 4. The standard InChI is InChI=1S/C10H5F5N2O3/c11-4-1-2-6(5(12)3-4)16-17-7(9(19)20)8(18)10(13,14)15/h1-3,18H,(H,19,20)/p-1/b8-7-,17-16?. The van der Waals surface area contributed by atoms with Crippen molar-refractivity contribution in [2.45, 2.75) is 6.18 Å². The van der Waals surface area contributed by atoms with Crippen LogP contribution in [0.15, 0.2) is 39.9 Å². The monoisotopic (exact) mass is 295 g/mol. The number of allylic oxidation sites excluding steroid dienone is 1. The van der Waals surface area contributed by atoms with Gasteiger partial charge in [-0.25, -0.2) is 13.6 Å². The van der Waals surface area contributed by atoms with Crippen molar-refractivity contribution in [3.63, 3.8) is 0 Å². The molecule has 0 bridgehead atoms. The second-order valence-corrected chi connectivity index (χ2v) is 3.28. The molecule has 0 spiro atoms. The molecule has 0 amide bonds. The summed E-state index contributed by atoms with van der Waals surface area (Å²) in [4.78, 5) is 10.5. The largest absolute Gasteiger partial charge is 0.868 e. The fourth-order valence-corrected chi connectivity index (χ4v) is 0.986. The van der Waals surface area contributed by atoms with E-state index in [1.165, 1.54) is 0 Å². The number of azo groups is 1. The van der Waals surface area contributed by atoms with E-state index in [0.29, 0.717) is 12.1 Å². The molecule has 5 nitrogen and oxygen atoms in total. The van der Waals surface area contributed by atoms with Crippen molar-refractivity contribution in [3.05, 3.63) is 41.3 Å². The zero-order valence-corrected chi connectivity index (χ0v) is 9.28. The van der Waals surface area contributed by atoms with Crippen LogP contribution in [0, 0.1) is 11.6 Å². The third kappa shape index (κ3) is 3.73. The molecule has 0 saturated heterocycles. The Morgan fingerprint density at radius 3 is 2.30 bits per heavy atom. The van der Waals surface area contributed by atoms with E-state index < -0.39 is 40.9 Å². The Kier molecular flexibility index (Phi) is 4.38. The summed E-state index contributed by atoms with van der Waals surface area (Å²) in [5.41, 5.74) is -2.65. The molecule has 0 saturated carbocycles. The van der Waals surface area contributed by atoms with Crippen LogP contribution in [-0.2, 0) is 4.79 Å². The Bertz CT molecular complexity index is 595. The van der Waals surface area contributed by atoms with Gasteiger partial charge in [-0.15, -0.1) is 10.2 Å². The van der Waals surface area contributed by atoms with Crippen LogP contribution in [0.25, 0.3) is 0 Å². The van der Waals surface area contributed by atoms with E-state index in [1.807, 2.05) is 0 Å². The van der Waals surface area contributed by atoms with Crippen molar-refractivity contribution >= 4 is 11.7 Å². The lowest BCUT2D eigenvalue weighted by Gasteiger charge is -2.16. The number of hydrogen-bond donors (Lipinski definition) is 1. The van der Waals surface area contributed by atoms with Gasteiger partial charge < -0.3 is 10.2 Å². The van der Waals surface area contributed by atoms with Crippen molar-refractivity contribution in [2.75, 3.05) is 0 Å². The van der Waals surface area contributed by atoms with E-state index in [2.05, 4.69) is 10.2 Å². The van der Waals surface area contributed by atoms with E-state index >= 15 is 0 Å². The van der Waals surface area contributed by atoms with Gasteiger partial charge in [0.2, 0.25) is 0 Å². The van der Waals surface area contributed by atoms with Crippen molar-refractivity contribution < 1.29 is 37.0 Å². The van der Waals surface area contributed by atoms with Gasteiger partial charge in [-0.1, -0.05) is 0 Å². The molecule has 0 radical (unpaired) electrons. The second kappa shape index (κ2) is 5.63. The number of nitrogens with zero attached hydrogens (tertiary/aromatic N) is 2. The Balaban J connectivity index is 3.21. The Labute approximate surface area is 107 Å². The SMILES string of the molecule is O=C(O)/C(N=Nc1ccc(F)cc1F)=C(/[O-])C(F)(F)F. The van der Waals surface area contributed by atoms with Gasteiger partial charge in [-0.05, 0) is 12.1 Å². The van der Waals surface area contributed by atoms with Gasteiger partial charge in [0.25, 0.3) is 0 Å². The topological polar surface area (TPSA) is 85.1 Å². The number of carboxylic acid groups (broad SMARTS) is 1. The predicted octanol–water partition coefficient (Wildman–Crippen LogP) is 2.27.